The first-order chi connectivity index (χ1) is 6.33. The second kappa shape index (κ2) is 5.98. The molecule has 0 atom stereocenters. The molecule has 1 heteroatoms. The van der Waals surface area contributed by atoms with Crippen LogP contribution >= 0.6 is 15.9 Å². The van der Waals surface area contributed by atoms with Gasteiger partial charge in [-0.15, -0.1) is 0 Å². The Labute approximate surface area is 88.8 Å². The third-order valence-corrected chi connectivity index (χ3v) is 2.38. The Hall–Kier alpha value is -0.560. The van der Waals surface area contributed by atoms with E-state index in [-0.39, 0.29) is 0 Å². The zero-order valence-electron chi connectivity index (χ0n) is 7.96. The fourth-order valence-electron chi connectivity index (χ4n) is 1.15. The topological polar surface area (TPSA) is 0 Å². The predicted molar refractivity (Wildman–Crippen MR) is 62.7 cm³/mol. The second-order valence-electron chi connectivity index (χ2n) is 3.10. The predicted octanol–water partition coefficient (Wildman–Crippen LogP) is 4.65. The smallest absolute Gasteiger partial charge is 0.0181 e. The van der Waals surface area contributed by atoms with Gasteiger partial charge in [-0.1, -0.05) is 60.0 Å². The number of allylic oxidation sites excluding steroid dienone is 1. The molecule has 0 saturated carbocycles. The van der Waals surface area contributed by atoms with E-state index >= 15 is 0 Å². The molecular formula is C12H15Br. The maximum Gasteiger partial charge on any atom is 0.0181 e. The molecule has 0 saturated heterocycles. The van der Waals surface area contributed by atoms with Crippen molar-refractivity contribution in [1.82, 2.24) is 0 Å². The summed E-state index contributed by atoms with van der Waals surface area (Å²) in [5.41, 5.74) is 1.27. The molecule has 0 aliphatic heterocycles. The quantitative estimate of drug-likeness (QED) is 0.670. The van der Waals surface area contributed by atoms with Gasteiger partial charge in [-0.2, -0.15) is 0 Å². The second-order valence-corrected chi connectivity index (χ2v) is 4.02. The average molecular weight is 239 g/mol. The number of unbranched alkanes of at least 4 members (excludes halogenated alkanes) is 2. The normalized spacial score (nSPS) is 10.9. The van der Waals surface area contributed by atoms with Crippen LogP contribution in [0.3, 0.4) is 0 Å². The van der Waals surface area contributed by atoms with Crippen LogP contribution in [0.15, 0.2) is 34.8 Å². The van der Waals surface area contributed by atoms with E-state index < -0.39 is 0 Å². The minimum atomic E-state index is 1.14. The van der Waals surface area contributed by atoms with Crippen molar-refractivity contribution in [3.63, 3.8) is 0 Å². The van der Waals surface area contributed by atoms with Gasteiger partial charge < -0.3 is 0 Å². The lowest BCUT2D eigenvalue weighted by molar-refractivity contribution is 0.816. The van der Waals surface area contributed by atoms with Gasteiger partial charge >= 0.3 is 0 Å². The van der Waals surface area contributed by atoms with Crippen molar-refractivity contribution in [3.05, 3.63) is 40.4 Å². The molecule has 0 aromatic heterocycles. The van der Waals surface area contributed by atoms with Gasteiger partial charge in [-0.05, 0) is 24.1 Å². The highest BCUT2D eigenvalue weighted by Gasteiger charge is 1.87. The zero-order chi connectivity index (χ0) is 9.52. The number of halogens is 1. The third-order valence-electron chi connectivity index (χ3n) is 1.88. The minimum absolute atomic E-state index is 1.14. The molecule has 0 unspecified atom stereocenters. The Balaban J connectivity index is 2.48. The lowest BCUT2D eigenvalue weighted by atomic mass is 10.2. The summed E-state index contributed by atoms with van der Waals surface area (Å²) in [6, 6.07) is 8.35. The number of hydrogen-bond donors (Lipinski definition) is 0. The molecule has 0 radical (unpaired) electrons. The van der Waals surface area contributed by atoms with Crippen molar-refractivity contribution in [2.75, 3.05) is 0 Å². The molecule has 0 aliphatic carbocycles. The van der Waals surface area contributed by atoms with Gasteiger partial charge in [0.25, 0.3) is 0 Å². The number of benzene rings is 1. The highest BCUT2D eigenvalue weighted by atomic mass is 79.9. The summed E-state index contributed by atoms with van der Waals surface area (Å²) in [6.07, 6.45) is 8.15. The van der Waals surface area contributed by atoms with Crippen LogP contribution in [0, 0.1) is 0 Å². The van der Waals surface area contributed by atoms with Crippen LogP contribution in [0.25, 0.3) is 6.08 Å². The van der Waals surface area contributed by atoms with E-state index in [0.717, 1.165) is 4.47 Å². The van der Waals surface area contributed by atoms with Crippen LogP contribution < -0.4 is 0 Å². The van der Waals surface area contributed by atoms with E-state index in [1.165, 1.54) is 24.8 Å². The van der Waals surface area contributed by atoms with Crippen molar-refractivity contribution in [2.24, 2.45) is 0 Å². The highest BCUT2D eigenvalue weighted by molar-refractivity contribution is 9.10. The molecule has 1 aromatic carbocycles. The summed E-state index contributed by atoms with van der Waals surface area (Å²) in [7, 11) is 0. The lowest BCUT2D eigenvalue weighted by Crippen LogP contribution is -1.72. The van der Waals surface area contributed by atoms with Gasteiger partial charge in [-0.3, -0.25) is 0 Å². The fourth-order valence-corrected chi connectivity index (χ4v) is 1.57. The van der Waals surface area contributed by atoms with E-state index in [9.17, 15) is 0 Å². The molecule has 0 N–H and O–H groups in total. The van der Waals surface area contributed by atoms with Crippen LogP contribution in [0.5, 0.6) is 0 Å². The van der Waals surface area contributed by atoms with Gasteiger partial charge in [0.1, 0.15) is 0 Å². The van der Waals surface area contributed by atoms with Gasteiger partial charge in [0.15, 0.2) is 0 Å². The van der Waals surface area contributed by atoms with Crippen molar-refractivity contribution in [1.29, 1.82) is 0 Å². The first-order valence-electron chi connectivity index (χ1n) is 4.75. The Morgan fingerprint density at radius 1 is 1.38 bits per heavy atom. The maximum atomic E-state index is 3.45. The van der Waals surface area contributed by atoms with Gasteiger partial charge in [-0.25, -0.2) is 0 Å². The van der Waals surface area contributed by atoms with Crippen LogP contribution in [-0.2, 0) is 0 Å². The van der Waals surface area contributed by atoms with Crippen molar-refractivity contribution >= 4 is 22.0 Å². The summed E-state index contributed by atoms with van der Waals surface area (Å²) in [6.45, 7) is 2.22. The molecule has 0 nitrogen and oxygen atoms in total. The molecule has 13 heavy (non-hydrogen) atoms. The van der Waals surface area contributed by atoms with E-state index in [4.69, 9.17) is 0 Å². The van der Waals surface area contributed by atoms with E-state index in [1.54, 1.807) is 0 Å². The third kappa shape index (κ3) is 4.28. The van der Waals surface area contributed by atoms with Crippen LogP contribution in [0.1, 0.15) is 31.7 Å². The van der Waals surface area contributed by atoms with Gasteiger partial charge in [0.05, 0.1) is 0 Å². The van der Waals surface area contributed by atoms with E-state index in [1.807, 2.05) is 6.07 Å². The summed E-state index contributed by atoms with van der Waals surface area (Å²) >= 11 is 3.45. The SMILES string of the molecule is CCCCC=Cc1cccc(Br)c1. The summed E-state index contributed by atoms with van der Waals surface area (Å²) in [5.74, 6) is 0. The molecule has 70 valence electrons. The maximum absolute atomic E-state index is 3.45. The molecule has 0 amide bonds. The molecule has 0 spiro atoms. The molecule has 1 rings (SSSR count). The number of rotatable bonds is 4. The molecular weight excluding hydrogens is 224 g/mol. The Morgan fingerprint density at radius 3 is 2.92 bits per heavy atom. The first kappa shape index (κ1) is 10.5. The Kier molecular flexibility index (Phi) is 4.84. The molecule has 0 bridgehead atoms. The van der Waals surface area contributed by atoms with E-state index in [0.29, 0.717) is 0 Å². The highest BCUT2D eigenvalue weighted by Crippen LogP contribution is 2.13. The van der Waals surface area contributed by atoms with Crippen molar-refractivity contribution in [3.8, 4) is 0 Å². The molecule has 0 heterocycles. The average Bonchev–Trinajstić information content (AvgIpc) is 2.13. The first-order valence-corrected chi connectivity index (χ1v) is 5.54. The van der Waals surface area contributed by atoms with Crippen LogP contribution in [0.4, 0.5) is 0 Å². The van der Waals surface area contributed by atoms with E-state index in [2.05, 4.69) is 53.2 Å². The largest absolute Gasteiger partial charge is 0.0839 e. The lowest BCUT2D eigenvalue weighted by Gasteiger charge is -1.94. The summed E-state index contributed by atoms with van der Waals surface area (Å²) in [4.78, 5) is 0. The Bertz CT molecular complexity index is 276. The van der Waals surface area contributed by atoms with Gasteiger partial charge in [0.2, 0.25) is 0 Å². The molecule has 0 aliphatic rings. The monoisotopic (exact) mass is 238 g/mol. The fraction of sp³-hybridized carbons (Fsp3) is 0.333. The summed E-state index contributed by atoms with van der Waals surface area (Å²) in [5, 5.41) is 0. The van der Waals surface area contributed by atoms with Crippen LogP contribution in [-0.4, -0.2) is 0 Å². The standard InChI is InChI=1S/C12H15Br/c1-2-3-4-5-7-11-8-6-9-12(13)10-11/h5-10H,2-4H2,1H3. The van der Waals surface area contributed by atoms with Crippen molar-refractivity contribution < 1.29 is 0 Å². The minimum Gasteiger partial charge on any atom is -0.0839 e. The zero-order valence-corrected chi connectivity index (χ0v) is 9.55. The Morgan fingerprint density at radius 2 is 2.23 bits per heavy atom. The van der Waals surface area contributed by atoms with Crippen molar-refractivity contribution in [2.45, 2.75) is 26.2 Å². The van der Waals surface area contributed by atoms with Crippen LogP contribution in [0.2, 0.25) is 0 Å². The molecule has 1 aromatic rings. The van der Waals surface area contributed by atoms with Gasteiger partial charge in [0, 0.05) is 4.47 Å². The molecule has 0 fully saturated rings. The summed E-state index contributed by atoms with van der Waals surface area (Å²) < 4.78 is 1.14. The number of hydrogen-bond acceptors (Lipinski definition) is 0.